The van der Waals surface area contributed by atoms with Crippen LogP contribution in [0.25, 0.3) is 22.3 Å². The van der Waals surface area contributed by atoms with Crippen LogP contribution in [0.2, 0.25) is 0 Å². The van der Waals surface area contributed by atoms with E-state index in [1.165, 1.54) is 24.7 Å². The Morgan fingerprint density at radius 1 is 1.11 bits per heavy atom. The molecule has 0 aliphatic carbocycles. The molecule has 0 aliphatic heterocycles. The number of fused-ring (bicyclic) bond motifs is 1. The number of aliphatic hydroxyl groups is 1. The van der Waals surface area contributed by atoms with Crippen LogP contribution in [0.3, 0.4) is 0 Å². The minimum atomic E-state index is -0.460. The van der Waals surface area contributed by atoms with Gasteiger partial charge in [-0.25, -0.2) is 4.98 Å². The summed E-state index contributed by atoms with van der Waals surface area (Å²) in [5.74, 6) is -0.114. The Balaban J connectivity index is 1.77. The molecule has 0 saturated heterocycles. The molecule has 28 heavy (non-hydrogen) atoms. The molecule has 0 bridgehead atoms. The van der Waals surface area contributed by atoms with Crippen LogP contribution in [0.4, 0.5) is 5.69 Å². The van der Waals surface area contributed by atoms with Crippen LogP contribution >= 0.6 is 0 Å². The van der Waals surface area contributed by atoms with Crippen molar-refractivity contribution in [2.24, 2.45) is 0 Å². The average molecular weight is 373 g/mol. The van der Waals surface area contributed by atoms with Gasteiger partial charge in [-0.1, -0.05) is 30.3 Å². The summed E-state index contributed by atoms with van der Waals surface area (Å²) in [4.78, 5) is 32.9. The highest BCUT2D eigenvalue weighted by Crippen LogP contribution is 2.27. The third-order valence-electron chi connectivity index (χ3n) is 4.23. The van der Waals surface area contributed by atoms with Crippen molar-refractivity contribution in [2.45, 2.75) is 6.61 Å². The summed E-state index contributed by atoms with van der Waals surface area (Å²) < 4.78 is 5.90. The van der Waals surface area contributed by atoms with Gasteiger partial charge in [-0.3, -0.25) is 14.6 Å². The van der Waals surface area contributed by atoms with Gasteiger partial charge in [0, 0.05) is 23.6 Å². The maximum absolute atomic E-state index is 12.9. The molecule has 0 spiro atoms. The maximum atomic E-state index is 12.9. The number of nitrogens with zero attached hydrogens (tertiary/aromatic N) is 2. The van der Waals surface area contributed by atoms with Crippen LogP contribution in [-0.2, 0) is 6.61 Å². The van der Waals surface area contributed by atoms with Gasteiger partial charge in [0.05, 0.1) is 23.8 Å². The fourth-order valence-electron chi connectivity index (χ4n) is 2.89. The molecule has 0 fully saturated rings. The van der Waals surface area contributed by atoms with Crippen molar-refractivity contribution in [3.05, 3.63) is 88.6 Å². The highest BCUT2D eigenvalue weighted by atomic mass is 16.3. The van der Waals surface area contributed by atoms with Gasteiger partial charge in [0.1, 0.15) is 17.0 Å². The van der Waals surface area contributed by atoms with Crippen LogP contribution in [0.15, 0.2) is 76.3 Å². The molecule has 0 radical (unpaired) electrons. The lowest BCUT2D eigenvalue weighted by molar-refractivity contribution is 0.102. The summed E-state index contributed by atoms with van der Waals surface area (Å²) in [6, 6.07) is 13.9. The maximum Gasteiger partial charge on any atom is 0.275 e. The lowest BCUT2D eigenvalue weighted by Gasteiger charge is -2.10. The molecule has 7 heteroatoms. The molecule has 1 amide bonds. The number of hydrogen-bond acceptors (Lipinski definition) is 6. The highest BCUT2D eigenvalue weighted by Gasteiger charge is 2.16. The molecule has 0 unspecified atom stereocenters. The Morgan fingerprint density at radius 2 is 1.93 bits per heavy atom. The Morgan fingerprint density at radius 3 is 2.64 bits per heavy atom. The number of amides is 1. The van der Waals surface area contributed by atoms with Gasteiger partial charge in [0.2, 0.25) is 0 Å². The van der Waals surface area contributed by atoms with E-state index in [4.69, 9.17) is 4.42 Å². The SMILES string of the molecule is O=C(Nc1ccc2oc(-c3ccccc3)c(CO)c(=O)c2c1)c1cnccn1. The fraction of sp³-hybridized carbons (Fsp3) is 0.0476. The van der Waals surface area contributed by atoms with Gasteiger partial charge in [-0.15, -0.1) is 0 Å². The summed E-state index contributed by atoms with van der Waals surface area (Å²) >= 11 is 0. The van der Waals surface area contributed by atoms with E-state index in [-0.39, 0.29) is 22.1 Å². The number of carbonyl (C=O) groups is 1. The smallest absolute Gasteiger partial charge is 0.275 e. The van der Waals surface area contributed by atoms with Crippen LogP contribution in [0.5, 0.6) is 0 Å². The van der Waals surface area contributed by atoms with Crippen LogP contribution in [0.1, 0.15) is 16.1 Å². The first-order valence-corrected chi connectivity index (χ1v) is 8.51. The molecular formula is C21H15N3O4. The van der Waals surface area contributed by atoms with E-state index in [0.717, 1.165) is 0 Å². The van der Waals surface area contributed by atoms with Gasteiger partial charge in [0.15, 0.2) is 5.43 Å². The van der Waals surface area contributed by atoms with E-state index in [0.29, 0.717) is 22.6 Å². The first-order chi connectivity index (χ1) is 13.7. The van der Waals surface area contributed by atoms with Crippen molar-refractivity contribution < 1.29 is 14.3 Å². The van der Waals surface area contributed by atoms with Crippen LogP contribution in [-0.4, -0.2) is 21.0 Å². The molecule has 138 valence electrons. The molecule has 4 aromatic rings. The summed E-state index contributed by atoms with van der Waals surface area (Å²) in [7, 11) is 0. The largest absolute Gasteiger partial charge is 0.455 e. The lowest BCUT2D eigenvalue weighted by Crippen LogP contribution is -2.15. The quantitative estimate of drug-likeness (QED) is 0.570. The number of rotatable bonds is 4. The minimum absolute atomic E-state index is 0.158. The summed E-state index contributed by atoms with van der Waals surface area (Å²) in [5, 5.41) is 12.7. The Kier molecular flexibility index (Phi) is 4.65. The van der Waals surface area contributed by atoms with Gasteiger partial charge in [-0.2, -0.15) is 0 Å². The van der Waals surface area contributed by atoms with E-state index in [1.807, 2.05) is 18.2 Å². The average Bonchev–Trinajstić information content (AvgIpc) is 2.75. The van der Waals surface area contributed by atoms with Crippen molar-refractivity contribution in [1.29, 1.82) is 0 Å². The second-order valence-corrected chi connectivity index (χ2v) is 6.02. The third-order valence-corrected chi connectivity index (χ3v) is 4.23. The standard InChI is InChI=1S/C21H15N3O4/c25-12-16-19(26)15-10-14(24-21(27)17-11-22-8-9-23-17)6-7-18(15)28-20(16)13-4-2-1-3-5-13/h1-11,25H,12H2,(H,24,27). The molecular weight excluding hydrogens is 358 g/mol. The number of aliphatic hydroxyl groups excluding tert-OH is 1. The molecule has 0 atom stereocenters. The Labute approximate surface area is 159 Å². The van der Waals surface area contributed by atoms with Crippen molar-refractivity contribution in [3.8, 4) is 11.3 Å². The number of hydrogen-bond donors (Lipinski definition) is 2. The van der Waals surface area contributed by atoms with Crippen molar-refractivity contribution in [2.75, 3.05) is 5.32 Å². The first-order valence-electron chi connectivity index (χ1n) is 8.51. The third kappa shape index (κ3) is 3.26. The normalized spacial score (nSPS) is 10.8. The summed E-state index contributed by atoms with van der Waals surface area (Å²) in [6.45, 7) is -0.460. The number of anilines is 1. The van der Waals surface area contributed by atoms with Gasteiger partial charge in [0.25, 0.3) is 5.91 Å². The van der Waals surface area contributed by atoms with E-state index < -0.39 is 12.5 Å². The predicted octanol–water partition coefficient (Wildman–Crippen LogP) is 2.99. The minimum Gasteiger partial charge on any atom is -0.455 e. The van der Waals surface area contributed by atoms with E-state index in [1.54, 1.807) is 24.3 Å². The number of benzene rings is 2. The van der Waals surface area contributed by atoms with Crippen molar-refractivity contribution in [3.63, 3.8) is 0 Å². The molecule has 7 nitrogen and oxygen atoms in total. The lowest BCUT2D eigenvalue weighted by atomic mass is 10.0. The molecule has 2 aromatic carbocycles. The Bertz CT molecular complexity index is 1200. The zero-order valence-corrected chi connectivity index (χ0v) is 14.6. The molecule has 2 heterocycles. The number of nitrogens with one attached hydrogen (secondary N) is 1. The summed E-state index contributed by atoms with van der Waals surface area (Å²) in [6.07, 6.45) is 4.24. The summed E-state index contributed by atoms with van der Waals surface area (Å²) in [5.41, 5.74) is 1.44. The second kappa shape index (κ2) is 7.42. The van der Waals surface area contributed by atoms with E-state index in [2.05, 4.69) is 15.3 Å². The van der Waals surface area contributed by atoms with Gasteiger partial charge >= 0.3 is 0 Å². The Hall–Kier alpha value is -3.84. The zero-order valence-electron chi connectivity index (χ0n) is 14.6. The molecule has 2 N–H and O–H groups in total. The number of aromatic nitrogens is 2. The van der Waals surface area contributed by atoms with Crippen molar-refractivity contribution >= 4 is 22.6 Å². The van der Waals surface area contributed by atoms with E-state index >= 15 is 0 Å². The van der Waals surface area contributed by atoms with Gasteiger partial charge < -0.3 is 14.8 Å². The van der Waals surface area contributed by atoms with E-state index in [9.17, 15) is 14.7 Å². The zero-order chi connectivity index (χ0) is 19.5. The topological polar surface area (TPSA) is 105 Å². The van der Waals surface area contributed by atoms with Crippen molar-refractivity contribution in [1.82, 2.24) is 9.97 Å². The first kappa shape index (κ1) is 17.6. The molecule has 0 aliphatic rings. The van der Waals surface area contributed by atoms with Crippen LogP contribution in [0, 0.1) is 0 Å². The molecule has 2 aromatic heterocycles. The predicted molar refractivity (Wildman–Crippen MR) is 104 cm³/mol. The van der Waals surface area contributed by atoms with Crippen LogP contribution < -0.4 is 10.7 Å². The fourth-order valence-corrected chi connectivity index (χ4v) is 2.89. The monoisotopic (exact) mass is 373 g/mol. The molecule has 0 saturated carbocycles. The number of carbonyl (C=O) groups excluding carboxylic acids is 1. The second-order valence-electron chi connectivity index (χ2n) is 6.02. The molecule has 4 rings (SSSR count). The highest BCUT2D eigenvalue weighted by molar-refractivity contribution is 6.03. The van der Waals surface area contributed by atoms with Gasteiger partial charge in [-0.05, 0) is 18.2 Å².